The zero-order valence-electron chi connectivity index (χ0n) is 21.3. The lowest BCUT2D eigenvalue weighted by Gasteiger charge is -2.19. The lowest BCUT2D eigenvalue weighted by atomic mass is 9.87. The molecule has 4 rings (SSSR count). The van der Waals surface area contributed by atoms with E-state index in [4.69, 9.17) is 14.5 Å². The quantitative estimate of drug-likeness (QED) is 0.244. The van der Waals surface area contributed by atoms with Gasteiger partial charge in [-0.15, -0.1) is 11.8 Å². The van der Waals surface area contributed by atoms with E-state index >= 15 is 0 Å². The Bertz CT molecular complexity index is 1370. The number of benzene rings is 3. The topological polar surface area (TPSA) is 55.1 Å². The Hall–Kier alpha value is -3.75. The third-order valence-corrected chi connectivity index (χ3v) is 7.13. The van der Waals surface area contributed by atoms with E-state index in [1.54, 1.807) is 26.0 Å². The molecule has 0 radical (unpaired) electrons. The van der Waals surface area contributed by atoms with Crippen LogP contribution in [-0.4, -0.2) is 19.2 Å². The normalized spacial score (nSPS) is 11.1. The Kier molecular flexibility index (Phi) is 7.67. The molecule has 0 N–H and O–H groups in total. The molecular weight excluding hydrogens is 464 g/mol. The SMILES string of the molecule is COc1ccc(-c2cc(-c3ccc(OC)cc3)c(C#N)c(SCc3ccc(C(C)(C)C)cc3)n2)cc1. The Morgan fingerprint density at radius 1 is 0.806 bits per heavy atom. The van der Waals surface area contributed by atoms with Crippen LogP contribution in [0.1, 0.15) is 37.5 Å². The highest BCUT2D eigenvalue weighted by molar-refractivity contribution is 7.98. The Labute approximate surface area is 217 Å². The molecule has 0 aliphatic carbocycles. The number of methoxy groups -OCH3 is 2. The number of ether oxygens (including phenoxy) is 2. The van der Waals surface area contributed by atoms with E-state index in [2.05, 4.69) is 51.1 Å². The molecule has 1 heterocycles. The molecule has 0 spiro atoms. The molecule has 5 heteroatoms. The van der Waals surface area contributed by atoms with Gasteiger partial charge in [-0.25, -0.2) is 4.98 Å². The van der Waals surface area contributed by atoms with Crippen LogP contribution in [0.4, 0.5) is 0 Å². The molecule has 0 unspecified atom stereocenters. The predicted octanol–water partition coefficient (Wildman–Crippen LogP) is 7.89. The third-order valence-electron chi connectivity index (χ3n) is 6.08. The average Bonchev–Trinajstić information content (AvgIpc) is 2.91. The van der Waals surface area contributed by atoms with Gasteiger partial charge in [0.15, 0.2) is 0 Å². The van der Waals surface area contributed by atoms with E-state index in [9.17, 15) is 5.26 Å². The lowest BCUT2D eigenvalue weighted by Crippen LogP contribution is -2.10. The van der Waals surface area contributed by atoms with Crippen molar-refractivity contribution >= 4 is 11.8 Å². The Morgan fingerprint density at radius 3 is 1.86 bits per heavy atom. The van der Waals surface area contributed by atoms with Crippen LogP contribution < -0.4 is 9.47 Å². The van der Waals surface area contributed by atoms with Crippen molar-refractivity contribution in [1.29, 1.82) is 5.26 Å². The van der Waals surface area contributed by atoms with E-state index in [-0.39, 0.29) is 5.41 Å². The van der Waals surface area contributed by atoms with E-state index < -0.39 is 0 Å². The van der Waals surface area contributed by atoms with Crippen LogP contribution in [0.5, 0.6) is 11.5 Å². The van der Waals surface area contributed by atoms with Crippen molar-refractivity contribution in [3.05, 3.63) is 95.6 Å². The number of nitrogens with zero attached hydrogens (tertiary/aromatic N) is 2. The highest BCUT2D eigenvalue weighted by Crippen LogP contribution is 2.36. The molecule has 3 aromatic carbocycles. The number of hydrogen-bond acceptors (Lipinski definition) is 5. The first kappa shape index (κ1) is 25.3. The number of hydrogen-bond donors (Lipinski definition) is 0. The standard InChI is InChI=1S/C31H30N2O2S/c1-31(2,3)24-12-6-21(7-13-24)20-36-30-28(19-32)27(22-8-14-25(34-4)15-9-22)18-29(33-30)23-10-16-26(35-5)17-11-23/h6-18H,20H2,1-5H3. The van der Waals surface area contributed by atoms with E-state index in [1.807, 2.05) is 54.6 Å². The van der Waals surface area contributed by atoms with Gasteiger partial charge >= 0.3 is 0 Å². The number of rotatable bonds is 7. The predicted molar refractivity (Wildman–Crippen MR) is 148 cm³/mol. The van der Waals surface area contributed by atoms with Crippen molar-refractivity contribution in [3.8, 4) is 40.0 Å². The van der Waals surface area contributed by atoms with Crippen LogP contribution in [0.3, 0.4) is 0 Å². The van der Waals surface area contributed by atoms with Crippen molar-refractivity contribution in [2.75, 3.05) is 14.2 Å². The Morgan fingerprint density at radius 2 is 1.36 bits per heavy atom. The van der Waals surface area contributed by atoms with Gasteiger partial charge in [-0.2, -0.15) is 5.26 Å². The summed E-state index contributed by atoms with van der Waals surface area (Å²) in [6, 6.07) is 28.7. The van der Waals surface area contributed by atoms with E-state index in [1.165, 1.54) is 11.1 Å². The van der Waals surface area contributed by atoms with Gasteiger partial charge in [-0.05, 0) is 64.6 Å². The maximum atomic E-state index is 10.2. The second-order valence-corrected chi connectivity index (χ2v) is 10.5. The number of thioether (sulfide) groups is 1. The molecule has 0 fully saturated rings. The van der Waals surface area contributed by atoms with Gasteiger partial charge in [-0.1, -0.05) is 57.2 Å². The zero-order valence-corrected chi connectivity index (χ0v) is 22.1. The first-order valence-electron chi connectivity index (χ1n) is 11.8. The molecule has 36 heavy (non-hydrogen) atoms. The minimum Gasteiger partial charge on any atom is -0.497 e. The minimum absolute atomic E-state index is 0.112. The fourth-order valence-electron chi connectivity index (χ4n) is 3.89. The van der Waals surface area contributed by atoms with Gasteiger partial charge in [0.1, 0.15) is 22.6 Å². The summed E-state index contributed by atoms with van der Waals surface area (Å²) in [4.78, 5) is 4.94. The summed E-state index contributed by atoms with van der Waals surface area (Å²) in [6.45, 7) is 6.64. The molecule has 0 saturated carbocycles. The van der Waals surface area contributed by atoms with Gasteiger partial charge in [0.2, 0.25) is 0 Å². The van der Waals surface area contributed by atoms with Crippen LogP contribution >= 0.6 is 11.8 Å². The van der Waals surface area contributed by atoms with Gasteiger partial charge in [0, 0.05) is 16.9 Å². The van der Waals surface area contributed by atoms with Crippen molar-refractivity contribution in [3.63, 3.8) is 0 Å². The molecule has 4 nitrogen and oxygen atoms in total. The summed E-state index contributed by atoms with van der Waals surface area (Å²) < 4.78 is 10.6. The fourth-order valence-corrected chi connectivity index (χ4v) is 4.85. The van der Waals surface area contributed by atoms with Crippen molar-refractivity contribution in [2.45, 2.75) is 37.0 Å². The highest BCUT2D eigenvalue weighted by Gasteiger charge is 2.17. The molecule has 0 atom stereocenters. The van der Waals surface area contributed by atoms with Crippen LogP contribution in [0, 0.1) is 11.3 Å². The van der Waals surface area contributed by atoms with Crippen LogP contribution in [0.25, 0.3) is 22.4 Å². The molecule has 4 aromatic rings. The summed E-state index contributed by atoms with van der Waals surface area (Å²) in [5, 5.41) is 10.9. The second kappa shape index (κ2) is 10.9. The van der Waals surface area contributed by atoms with Crippen molar-refractivity contribution < 1.29 is 9.47 Å². The largest absolute Gasteiger partial charge is 0.497 e. The average molecular weight is 495 g/mol. The van der Waals surface area contributed by atoms with Crippen molar-refractivity contribution in [2.24, 2.45) is 0 Å². The first-order valence-corrected chi connectivity index (χ1v) is 12.8. The smallest absolute Gasteiger partial charge is 0.118 e. The molecule has 0 bridgehead atoms. The van der Waals surface area contributed by atoms with Crippen LogP contribution in [-0.2, 0) is 11.2 Å². The third kappa shape index (κ3) is 5.72. The molecule has 0 saturated heterocycles. The monoisotopic (exact) mass is 494 g/mol. The van der Waals surface area contributed by atoms with Gasteiger partial charge in [0.25, 0.3) is 0 Å². The van der Waals surface area contributed by atoms with Crippen molar-refractivity contribution in [1.82, 2.24) is 4.98 Å². The lowest BCUT2D eigenvalue weighted by molar-refractivity contribution is 0.415. The van der Waals surface area contributed by atoms with Crippen LogP contribution in [0.15, 0.2) is 83.9 Å². The summed E-state index contributed by atoms with van der Waals surface area (Å²) in [7, 11) is 3.30. The van der Waals surface area contributed by atoms with Crippen LogP contribution in [0.2, 0.25) is 0 Å². The number of aromatic nitrogens is 1. The second-order valence-electron chi connectivity index (χ2n) is 9.54. The molecule has 0 amide bonds. The first-order chi connectivity index (χ1) is 17.3. The summed E-state index contributed by atoms with van der Waals surface area (Å²) >= 11 is 1.59. The fraction of sp³-hybridized carbons (Fsp3) is 0.226. The molecule has 1 aromatic heterocycles. The summed E-state index contributed by atoms with van der Waals surface area (Å²) in [6.07, 6.45) is 0. The van der Waals surface area contributed by atoms with Gasteiger partial charge in [0.05, 0.1) is 25.5 Å². The van der Waals surface area contributed by atoms with Gasteiger partial charge in [-0.3, -0.25) is 0 Å². The molecule has 0 aliphatic rings. The highest BCUT2D eigenvalue weighted by atomic mass is 32.2. The molecule has 182 valence electrons. The maximum Gasteiger partial charge on any atom is 0.118 e. The summed E-state index contributed by atoms with van der Waals surface area (Å²) in [5.74, 6) is 2.28. The zero-order chi connectivity index (χ0) is 25.7. The summed E-state index contributed by atoms with van der Waals surface area (Å²) in [5.41, 5.74) is 6.76. The maximum absolute atomic E-state index is 10.2. The van der Waals surface area contributed by atoms with E-state index in [0.717, 1.165) is 44.7 Å². The van der Waals surface area contributed by atoms with E-state index in [0.29, 0.717) is 5.56 Å². The minimum atomic E-state index is 0.112. The van der Waals surface area contributed by atoms with Gasteiger partial charge < -0.3 is 9.47 Å². The Balaban J connectivity index is 1.74. The number of nitriles is 1. The molecular formula is C31H30N2O2S. The number of pyridine rings is 1. The molecule has 0 aliphatic heterocycles.